The van der Waals surface area contributed by atoms with Crippen molar-refractivity contribution in [2.45, 2.75) is 20.3 Å². The Labute approximate surface area is 77.5 Å². The number of aliphatic carboxylic acids is 1. The lowest BCUT2D eigenvalue weighted by atomic mass is 9.95. The van der Waals surface area contributed by atoms with Gasteiger partial charge in [0.15, 0.2) is 0 Å². The molecule has 0 aliphatic carbocycles. The molecule has 0 aromatic rings. The average molecular weight is 185 g/mol. The molecule has 74 valence electrons. The fourth-order valence-corrected chi connectivity index (χ4v) is 1.70. The van der Waals surface area contributed by atoms with E-state index in [-0.39, 0.29) is 18.4 Å². The van der Waals surface area contributed by atoms with Crippen LogP contribution in [0.25, 0.3) is 0 Å². The van der Waals surface area contributed by atoms with Gasteiger partial charge in [-0.2, -0.15) is 0 Å². The average Bonchev–Trinajstić information content (AvgIpc) is 2.32. The molecule has 0 radical (unpaired) electrons. The number of hydrogen-bond acceptors (Lipinski definition) is 2. The van der Waals surface area contributed by atoms with Gasteiger partial charge in [0.1, 0.15) is 6.54 Å². The first-order valence-electron chi connectivity index (χ1n) is 4.53. The van der Waals surface area contributed by atoms with E-state index in [1.165, 1.54) is 4.90 Å². The number of rotatable bonds is 3. The molecule has 1 atom stereocenters. The van der Waals surface area contributed by atoms with E-state index >= 15 is 0 Å². The van der Waals surface area contributed by atoms with Crippen LogP contribution in [0.3, 0.4) is 0 Å². The van der Waals surface area contributed by atoms with Crippen molar-refractivity contribution in [3.8, 4) is 0 Å². The molecule has 13 heavy (non-hydrogen) atoms. The van der Waals surface area contributed by atoms with Crippen LogP contribution in [-0.4, -0.2) is 35.0 Å². The summed E-state index contributed by atoms with van der Waals surface area (Å²) in [5.74, 6) is -0.596. The first-order valence-corrected chi connectivity index (χ1v) is 4.53. The largest absolute Gasteiger partial charge is 0.480 e. The second-order valence-electron chi connectivity index (χ2n) is 3.79. The maximum atomic E-state index is 11.5. The van der Waals surface area contributed by atoms with Crippen molar-refractivity contribution < 1.29 is 14.7 Å². The number of hydrogen-bond donors (Lipinski definition) is 1. The molecule has 1 saturated heterocycles. The van der Waals surface area contributed by atoms with Crippen molar-refractivity contribution in [1.29, 1.82) is 0 Å². The van der Waals surface area contributed by atoms with E-state index in [0.29, 0.717) is 12.5 Å². The molecule has 4 heteroatoms. The van der Waals surface area contributed by atoms with Gasteiger partial charge in [-0.1, -0.05) is 13.8 Å². The minimum absolute atomic E-state index is 0.00241. The van der Waals surface area contributed by atoms with Crippen LogP contribution in [0.4, 0.5) is 0 Å². The fourth-order valence-electron chi connectivity index (χ4n) is 1.70. The Morgan fingerprint density at radius 1 is 1.69 bits per heavy atom. The van der Waals surface area contributed by atoms with E-state index in [9.17, 15) is 9.59 Å². The fraction of sp³-hybridized carbons (Fsp3) is 0.778. The molecule has 4 nitrogen and oxygen atoms in total. The number of carboxylic acids is 1. The molecule has 1 amide bonds. The van der Waals surface area contributed by atoms with Crippen molar-refractivity contribution in [3.63, 3.8) is 0 Å². The minimum Gasteiger partial charge on any atom is -0.480 e. The van der Waals surface area contributed by atoms with Crippen LogP contribution in [0.15, 0.2) is 0 Å². The van der Waals surface area contributed by atoms with Crippen LogP contribution in [0, 0.1) is 11.8 Å². The van der Waals surface area contributed by atoms with Crippen molar-refractivity contribution in [2.75, 3.05) is 13.1 Å². The Morgan fingerprint density at radius 2 is 2.31 bits per heavy atom. The molecule has 1 aliphatic rings. The molecule has 0 bridgehead atoms. The smallest absolute Gasteiger partial charge is 0.323 e. The summed E-state index contributed by atoms with van der Waals surface area (Å²) in [7, 11) is 0. The van der Waals surface area contributed by atoms with Crippen LogP contribution in [-0.2, 0) is 9.59 Å². The molecule has 1 N–H and O–H groups in total. The zero-order valence-electron chi connectivity index (χ0n) is 7.99. The number of amides is 1. The van der Waals surface area contributed by atoms with E-state index in [0.717, 1.165) is 6.42 Å². The van der Waals surface area contributed by atoms with E-state index in [1.54, 1.807) is 0 Å². The second kappa shape index (κ2) is 3.77. The minimum atomic E-state index is -0.933. The first kappa shape index (κ1) is 10.0. The number of carbonyl (C=O) groups excluding carboxylic acids is 1. The lowest BCUT2D eigenvalue weighted by Gasteiger charge is -2.15. The summed E-state index contributed by atoms with van der Waals surface area (Å²) < 4.78 is 0. The second-order valence-corrected chi connectivity index (χ2v) is 3.79. The highest BCUT2D eigenvalue weighted by Crippen LogP contribution is 2.24. The molecule has 1 heterocycles. The maximum Gasteiger partial charge on any atom is 0.323 e. The molecular formula is C9H15NO3. The Morgan fingerprint density at radius 3 is 2.69 bits per heavy atom. The third-order valence-corrected chi connectivity index (χ3v) is 2.47. The summed E-state index contributed by atoms with van der Waals surface area (Å²) in [6.45, 7) is 4.43. The molecule has 1 rings (SSSR count). The van der Waals surface area contributed by atoms with Gasteiger partial charge in [-0.25, -0.2) is 0 Å². The highest BCUT2D eigenvalue weighted by Gasteiger charge is 2.34. The van der Waals surface area contributed by atoms with Crippen LogP contribution in [0.2, 0.25) is 0 Å². The standard InChI is InChI=1S/C9H15NO3/c1-6(2)7-3-4-10(9(7)13)5-8(11)12/h6-7H,3-5H2,1-2H3,(H,11,12). The topological polar surface area (TPSA) is 57.6 Å². The summed E-state index contributed by atoms with van der Waals surface area (Å²) in [5.41, 5.74) is 0. The summed E-state index contributed by atoms with van der Waals surface area (Å²) in [4.78, 5) is 23.4. The molecule has 0 aromatic heterocycles. The zero-order valence-corrected chi connectivity index (χ0v) is 7.99. The monoisotopic (exact) mass is 185 g/mol. The number of carbonyl (C=O) groups is 2. The van der Waals surface area contributed by atoms with Crippen molar-refractivity contribution in [1.82, 2.24) is 4.90 Å². The number of likely N-dealkylation sites (tertiary alicyclic amines) is 1. The van der Waals surface area contributed by atoms with Gasteiger partial charge >= 0.3 is 5.97 Å². The third-order valence-electron chi connectivity index (χ3n) is 2.47. The van der Waals surface area contributed by atoms with Crippen LogP contribution >= 0.6 is 0 Å². The van der Waals surface area contributed by atoms with E-state index in [2.05, 4.69) is 0 Å². The zero-order chi connectivity index (χ0) is 10.0. The molecule has 0 spiro atoms. The molecule has 1 unspecified atom stereocenters. The Balaban J connectivity index is 2.55. The Kier molecular flexibility index (Phi) is 2.90. The highest BCUT2D eigenvalue weighted by molar-refractivity contribution is 5.84. The van der Waals surface area contributed by atoms with Crippen LogP contribution < -0.4 is 0 Å². The summed E-state index contributed by atoms with van der Waals surface area (Å²) in [6, 6.07) is 0. The van der Waals surface area contributed by atoms with E-state index < -0.39 is 5.97 Å². The van der Waals surface area contributed by atoms with Crippen LogP contribution in [0.1, 0.15) is 20.3 Å². The molecule has 0 saturated carbocycles. The Bertz CT molecular complexity index is 225. The quantitative estimate of drug-likeness (QED) is 0.699. The number of nitrogens with zero attached hydrogens (tertiary/aromatic N) is 1. The molecule has 1 fully saturated rings. The van der Waals surface area contributed by atoms with Gasteiger partial charge in [0.25, 0.3) is 0 Å². The van der Waals surface area contributed by atoms with Gasteiger partial charge in [-0.3, -0.25) is 9.59 Å². The van der Waals surface area contributed by atoms with Gasteiger partial charge < -0.3 is 10.0 Å². The van der Waals surface area contributed by atoms with Crippen molar-refractivity contribution in [2.24, 2.45) is 11.8 Å². The lowest BCUT2D eigenvalue weighted by Crippen LogP contribution is -2.33. The van der Waals surface area contributed by atoms with Gasteiger partial charge in [0.05, 0.1) is 0 Å². The predicted molar refractivity (Wildman–Crippen MR) is 47.2 cm³/mol. The lowest BCUT2D eigenvalue weighted by molar-refractivity contribution is -0.144. The van der Waals surface area contributed by atoms with E-state index in [1.807, 2.05) is 13.8 Å². The van der Waals surface area contributed by atoms with Gasteiger partial charge in [-0.05, 0) is 12.3 Å². The predicted octanol–water partition coefficient (Wildman–Crippen LogP) is 0.576. The normalized spacial score (nSPS) is 22.8. The van der Waals surface area contributed by atoms with Crippen LogP contribution in [0.5, 0.6) is 0 Å². The maximum absolute atomic E-state index is 11.5. The van der Waals surface area contributed by atoms with Gasteiger partial charge in [-0.15, -0.1) is 0 Å². The van der Waals surface area contributed by atoms with Gasteiger partial charge in [0.2, 0.25) is 5.91 Å². The summed E-state index contributed by atoms with van der Waals surface area (Å²) in [6.07, 6.45) is 0.795. The summed E-state index contributed by atoms with van der Waals surface area (Å²) in [5, 5.41) is 8.52. The van der Waals surface area contributed by atoms with Crippen molar-refractivity contribution >= 4 is 11.9 Å². The van der Waals surface area contributed by atoms with Gasteiger partial charge in [0, 0.05) is 12.5 Å². The first-order chi connectivity index (χ1) is 6.02. The van der Waals surface area contributed by atoms with Crippen molar-refractivity contribution in [3.05, 3.63) is 0 Å². The third kappa shape index (κ3) is 2.20. The van der Waals surface area contributed by atoms with E-state index in [4.69, 9.17) is 5.11 Å². The highest BCUT2D eigenvalue weighted by atomic mass is 16.4. The summed E-state index contributed by atoms with van der Waals surface area (Å²) >= 11 is 0. The Hall–Kier alpha value is -1.06. The SMILES string of the molecule is CC(C)C1CCN(CC(=O)O)C1=O. The molecule has 1 aliphatic heterocycles. The number of carboxylic acid groups (broad SMARTS) is 1. The molecular weight excluding hydrogens is 170 g/mol. The molecule has 0 aromatic carbocycles.